The van der Waals surface area contributed by atoms with Crippen molar-refractivity contribution >= 4 is 27.4 Å². The summed E-state index contributed by atoms with van der Waals surface area (Å²) >= 11 is 5.91. The Morgan fingerprint density at radius 3 is 2.75 bits per heavy atom. The van der Waals surface area contributed by atoms with Crippen LogP contribution in [-0.2, 0) is 21.2 Å². The molecule has 1 saturated heterocycles. The van der Waals surface area contributed by atoms with Crippen LogP contribution in [0.2, 0.25) is 5.02 Å². The van der Waals surface area contributed by atoms with E-state index in [4.69, 9.17) is 16.7 Å². The van der Waals surface area contributed by atoms with Crippen LogP contribution in [0.25, 0.3) is 0 Å². The summed E-state index contributed by atoms with van der Waals surface area (Å²) in [6.07, 6.45) is 0.482. The third-order valence-corrected chi connectivity index (χ3v) is 5.32. The molecule has 0 aromatic heterocycles. The van der Waals surface area contributed by atoms with Gasteiger partial charge in [-0.2, -0.15) is 0 Å². The van der Waals surface area contributed by atoms with Crippen molar-refractivity contribution in [1.82, 2.24) is 4.90 Å². The summed E-state index contributed by atoms with van der Waals surface area (Å²) in [6.45, 7) is 0.208. The van der Waals surface area contributed by atoms with Gasteiger partial charge >= 0.3 is 5.97 Å². The number of halogens is 1. The van der Waals surface area contributed by atoms with Crippen molar-refractivity contribution in [1.29, 1.82) is 0 Å². The second-order valence-corrected chi connectivity index (χ2v) is 7.65. The Kier molecular flexibility index (Phi) is 4.67. The van der Waals surface area contributed by atoms with Crippen molar-refractivity contribution in [3.05, 3.63) is 34.9 Å². The molecule has 1 aromatic carbocycles. The molecule has 1 atom stereocenters. The predicted octanol–water partition coefficient (Wildman–Crippen LogP) is 1.41. The van der Waals surface area contributed by atoms with Crippen LogP contribution in [0.3, 0.4) is 0 Å². The van der Waals surface area contributed by atoms with Gasteiger partial charge in [0.2, 0.25) is 0 Å². The van der Waals surface area contributed by atoms with E-state index in [9.17, 15) is 13.2 Å². The first kappa shape index (κ1) is 15.3. The summed E-state index contributed by atoms with van der Waals surface area (Å²) in [5.74, 6) is -0.805. The van der Waals surface area contributed by atoms with Gasteiger partial charge in [0.15, 0.2) is 9.84 Å². The van der Waals surface area contributed by atoms with Crippen LogP contribution in [0, 0.1) is 0 Å². The normalized spacial score (nSPS) is 21.2. The summed E-state index contributed by atoms with van der Waals surface area (Å²) in [5, 5.41) is 9.57. The van der Waals surface area contributed by atoms with Crippen LogP contribution < -0.4 is 0 Å². The number of aliphatic carboxylic acids is 1. The van der Waals surface area contributed by atoms with Gasteiger partial charge in [-0.25, -0.2) is 8.42 Å². The summed E-state index contributed by atoms with van der Waals surface area (Å²) < 4.78 is 23.1. The lowest BCUT2D eigenvalue weighted by atomic mass is 10.1. The zero-order valence-electron chi connectivity index (χ0n) is 10.8. The van der Waals surface area contributed by atoms with Gasteiger partial charge in [-0.15, -0.1) is 0 Å². The van der Waals surface area contributed by atoms with E-state index >= 15 is 0 Å². The Hall–Kier alpha value is -1.11. The third kappa shape index (κ3) is 4.19. The fourth-order valence-corrected chi connectivity index (χ4v) is 4.40. The molecule has 0 amide bonds. The fraction of sp³-hybridized carbons (Fsp3) is 0.462. The number of rotatable bonds is 5. The van der Waals surface area contributed by atoms with Gasteiger partial charge < -0.3 is 5.11 Å². The maximum Gasteiger partial charge on any atom is 0.317 e. The molecule has 5 nitrogen and oxygen atoms in total. The van der Waals surface area contributed by atoms with Gasteiger partial charge in [0.1, 0.15) is 0 Å². The Morgan fingerprint density at radius 2 is 2.20 bits per heavy atom. The van der Waals surface area contributed by atoms with E-state index in [0.29, 0.717) is 18.0 Å². The number of hydrogen-bond donors (Lipinski definition) is 1. The van der Waals surface area contributed by atoms with Crippen LogP contribution >= 0.6 is 11.6 Å². The average Bonchev–Trinajstić information content (AvgIpc) is 2.68. The van der Waals surface area contributed by atoms with Gasteiger partial charge in [0.25, 0.3) is 0 Å². The number of carbonyl (C=O) groups is 1. The smallest absolute Gasteiger partial charge is 0.317 e. The minimum Gasteiger partial charge on any atom is -0.480 e. The number of carboxylic acids is 1. The second kappa shape index (κ2) is 6.11. The van der Waals surface area contributed by atoms with E-state index in [1.165, 1.54) is 0 Å². The average molecular weight is 318 g/mol. The first-order valence-electron chi connectivity index (χ1n) is 6.26. The molecule has 0 aliphatic carbocycles. The van der Waals surface area contributed by atoms with Crippen molar-refractivity contribution in [3.63, 3.8) is 0 Å². The Bertz CT molecular complexity index is 602. The molecule has 1 N–H and O–H groups in total. The number of sulfone groups is 1. The maximum atomic E-state index is 11.5. The lowest BCUT2D eigenvalue weighted by molar-refractivity contribution is -0.139. The predicted molar refractivity (Wildman–Crippen MR) is 76.6 cm³/mol. The lowest BCUT2D eigenvalue weighted by Crippen LogP contribution is -2.39. The summed E-state index contributed by atoms with van der Waals surface area (Å²) in [4.78, 5) is 12.7. The molecule has 7 heteroatoms. The molecule has 1 heterocycles. The van der Waals surface area contributed by atoms with Crippen LogP contribution in [0.15, 0.2) is 24.3 Å². The number of benzene rings is 1. The molecule has 1 aromatic rings. The van der Waals surface area contributed by atoms with E-state index < -0.39 is 15.8 Å². The standard InChI is InChI=1S/C13H16ClNO4S/c14-11-3-1-2-10(6-11)7-15(8-13(16)17)12-4-5-20(18,19)9-12/h1-3,6,12H,4-5,7-9H2,(H,16,17)/t12-/m0/s1. The van der Waals surface area contributed by atoms with Gasteiger partial charge in [-0.1, -0.05) is 23.7 Å². The second-order valence-electron chi connectivity index (χ2n) is 4.99. The van der Waals surface area contributed by atoms with Gasteiger partial charge in [-0.3, -0.25) is 9.69 Å². The molecule has 20 heavy (non-hydrogen) atoms. The van der Waals surface area contributed by atoms with Crippen molar-refractivity contribution < 1.29 is 18.3 Å². The minimum atomic E-state index is -3.04. The Balaban J connectivity index is 2.14. The molecule has 0 spiro atoms. The van der Waals surface area contributed by atoms with Crippen LogP contribution in [-0.4, -0.2) is 48.5 Å². The van der Waals surface area contributed by atoms with Crippen molar-refractivity contribution in [2.45, 2.75) is 19.0 Å². The topological polar surface area (TPSA) is 74.7 Å². The quantitative estimate of drug-likeness (QED) is 0.889. The zero-order chi connectivity index (χ0) is 14.8. The lowest BCUT2D eigenvalue weighted by Gasteiger charge is -2.26. The first-order chi connectivity index (χ1) is 9.35. The molecule has 1 fully saturated rings. The molecule has 1 aliphatic rings. The molecule has 0 bridgehead atoms. The highest BCUT2D eigenvalue weighted by atomic mass is 35.5. The molecule has 0 unspecified atom stereocenters. The monoisotopic (exact) mass is 317 g/mol. The molecular weight excluding hydrogens is 302 g/mol. The van der Waals surface area contributed by atoms with Gasteiger partial charge in [0, 0.05) is 17.6 Å². The highest BCUT2D eigenvalue weighted by Gasteiger charge is 2.33. The fourth-order valence-electron chi connectivity index (χ4n) is 2.42. The first-order valence-corrected chi connectivity index (χ1v) is 8.46. The van der Waals surface area contributed by atoms with Crippen molar-refractivity contribution in [2.75, 3.05) is 18.1 Å². The van der Waals surface area contributed by atoms with Gasteiger partial charge in [0.05, 0.1) is 18.1 Å². The number of nitrogens with zero attached hydrogens (tertiary/aromatic N) is 1. The van der Waals surface area contributed by atoms with E-state index in [2.05, 4.69) is 0 Å². The van der Waals surface area contributed by atoms with E-state index in [0.717, 1.165) is 5.56 Å². The van der Waals surface area contributed by atoms with E-state index in [1.807, 2.05) is 6.07 Å². The van der Waals surface area contributed by atoms with Crippen LogP contribution in [0.5, 0.6) is 0 Å². The van der Waals surface area contributed by atoms with Crippen LogP contribution in [0.4, 0.5) is 0 Å². The number of hydrogen-bond acceptors (Lipinski definition) is 4. The highest BCUT2D eigenvalue weighted by molar-refractivity contribution is 7.91. The zero-order valence-corrected chi connectivity index (χ0v) is 12.4. The van der Waals surface area contributed by atoms with Crippen molar-refractivity contribution in [2.24, 2.45) is 0 Å². The molecule has 0 radical (unpaired) electrons. The minimum absolute atomic E-state index is 0.0286. The van der Waals surface area contributed by atoms with Crippen molar-refractivity contribution in [3.8, 4) is 0 Å². The highest BCUT2D eigenvalue weighted by Crippen LogP contribution is 2.21. The molecule has 110 valence electrons. The summed E-state index contributed by atoms with van der Waals surface area (Å²) in [5.41, 5.74) is 0.878. The molecular formula is C13H16ClNO4S. The van der Waals surface area contributed by atoms with E-state index in [-0.39, 0.29) is 24.1 Å². The Labute approximate surface area is 123 Å². The molecule has 2 rings (SSSR count). The van der Waals surface area contributed by atoms with E-state index in [1.54, 1.807) is 23.1 Å². The van der Waals surface area contributed by atoms with Gasteiger partial charge in [-0.05, 0) is 24.1 Å². The Morgan fingerprint density at radius 1 is 1.45 bits per heavy atom. The largest absolute Gasteiger partial charge is 0.480 e. The molecule has 0 saturated carbocycles. The summed E-state index contributed by atoms with van der Waals surface area (Å²) in [6, 6.07) is 6.91. The molecule has 1 aliphatic heterocycles. The van der Waals surface area contributed by atoms with Crippen LogP contribution in [0.1, 0.15) is 12.0 Å². The third-order valence-electron chi connectivity index (χ3n) is 3.34. The number of carboxylic acid groups (broad SMARTS) is 1. The maximum absolute atomic E-state index is 11.5. The SMILES string of the molecule is O=C(O)CN(Cc1cccc(Cl)c1)[C@H]1CCS(=O)(=O)C1. The summed E-state index contributed by atoms with van der Waals surface area (Å²) in [7, 11) is -3.04.